The molecule has 1 amide bonds. The highest BCUT2D eigenvalue weighted by Gasteiger charge is 2.20. The van der Waals surface area contributed by atoms with Gasteiger partial charge >= 0.3 is 0 Å². The van der Waals surface area contributed by atoms with Crippen molar-refractivity contribution < 1.29 is 9.53 Å². The highest BCUT2D eigenvalue weighted by molar-refractivity contribution is 5.96. The fourth-order valence-corrected chi connectivity index (χ4v) is 2.57. The summed E-state index contributed by atoms with van der Waals surface area (Å²) in [7, 11) is 1.87. The molecule has 1 aromatic rings. The van der Waals surface area contributed by atoms with Crippen molar-refractivity contribution in [3.05, 3.63) is 29.3 Å². The molecule has 1 aliphatic heterocycles. The minimum absolute atomic E-state index is 0.0348. The summed E-state index contributed by atoms with van der Waals surface area (Å²) >= 11 is 0. The van der Waals surface area contributed by atoms with Gasteiger partial charge in [0, 0.05) is 37.9 Å². The zero-order chi connectivity index (χ0) is 15.2. The second-order valence-corrected chi connectivity index (χ2v) is 5.38. The fraction of sp³-hybridized carbons (Fsp3) is 0.562. The van der Waals surface area contributed by atoms with E-state index in [0.29, 0.717) is 6.54 Å². The second-order valence-electron chi connectivity index (χ2n) is 5.38. The summed E-state index contributed by atoms with van der Waals surface area (Å²) in [5, 5.41) is 6.05. The lowest BCUT2D eigenvalue weighted by Gasteiger charge is -2.32. The van der Waals surface area contributed by atoms with E-state index in [0.717, 1.165) is 43.1 Å². The maximum absolute atomic E-state index is 12.3. The van der Waals surface area contributed by atoms with E-state index in [1.54, 1.807) is 0 Å². The van der Waals surface area contributed by atoms with Crippen LogP contribution < -0.4 is 10.6 Å². The topological polar surface area (TPSA) is 53.6 Å². The summed E-state index contributed by atoms with van der Waals surface area (Å²) in [6, 6.07) is 5.75. The quantitative estimate of drug-likeness (QED) is 0.863. The molecule has 0 spiro atoms. The van der Waals surface area contributed by atoms with E-state index in [2.05, 4.69) is 22.5 Å². The molecule has 1 saturated heterocycles. The Morgan fingerprint density at radius 3 is 2.95 bits per heavy atom. The van der Waals surface area contributed by atoms with Crippen molar-refractivity contribution in [1.29, 1.82) is 0 Å². The molecule has 1 atom stereocenters. The predicted molar refractivity (Wildman–Crippen MR) is 84.9 cm³/mol. The minimum atomic E-state index is -0.0348. The minimum Gasteiger partial charge on any atom is -0.388 e. The third-order valence-electron chi connectivity index (χ3n) is 3.92. The van der Waals surface area contributed by atoms with Gasteiger partial charge in [0.1, 0.15) is 0 Å². The average molecular weight is 291 g/mol. The lowest BCUT2D eigenvalue weighted by molar-refractivity contribution is -0.0246. The first-order valence-electron chi connectivity index (χ1n) is 7.54. The summed E-state index contributed by atoms with van der Waals surface area (Å²) < 4.78 is 5.70. The molecule has 21 heavy (non-hydrogen) atoms. The monoisotopic (exact) mass is 291 g/mol. The van der Waals surface area contributed by atoms with Crippen LogP contribution in [-0.4, -0.2) is 56.7 Å². The smallest absolute Gasteiger partial charge is 0.251 e. The van der Waals surface area contributed by atoms with Crippen molar-refractivity contribution in [2.45, 2.75) is 20.0 Å². The van der Waals surface area contributed by atoms with Gasteiger partial charge in [-0.05, 0) is 37.2 Å². The number of hydrogen-bond acceptors (Lipinski definition) is 4. The van der Waals surface area contributed by atoms with Crippen molar-refractivity contribution in [3.8, 4) is 0 Å². The SMILES string of the molecule is CCN1CCOC(CNC(=O)c2ccc(NC)cc2C)C1. The van der Waals surface area contributed by atoms with Gasteiger partial charge in [0.25, 0.3) is 5.91 Å². The second kappa shape index (κ2) is 7.43. The number of carbonyl (C=O) groups excluding carboxylic acids is 1. The Balaban J connectivity index is 1.89. The van der Waals surface area contributed by atoms with E-state index in [9.17, 15) is 4.79 Å². The van der Waals surface area contributed by atoms with Gasteiger partial charge in [-0.25, -0.2) is 0 Å². The largest absolute Gasteiger partial charge is 0.388 e. The number of hydrogen-bond donors (Lipinski definition) is 2. The van der Waals surface area contributed by atoms with E-state index < -0.39 is 0 Å². The number of ether oxygens (including phenoxy) is 1. The van der Waals surface area contributed by atoms with Gasteiger partial charge in [0.2, 0.25) is 0 Å². The van der Waals surface area contributed by atoms with Crippen molar-refractivity contribution in [1.82, 2.24) is 10.2 Å². The van der Waals surface area contributed by atoms with E-state index in [4.69, 9.17) is 4.74 Å². The van der Waals surface area contributed by atoms with Crippen molar-refractivity contribution in [3.63, 3.8) is 0 Å². The van der Waals surface area contributed by atoms with E-state index in [-0.39, 0.29) is 12.0 Å². The molecule has 2 N–H and O–H groups in total. The van der Waals surface area contributed by atoms with Crippen LogP contribution >= 0.6 is 0 Å². The molecule has 0 aromatic heterocycles. The van der Waals surface area contributed by atoms with E-state index in [1.807, 2.05) is 32.2 Å². The first-order chi connectivity index (χ1) is 10.1. The van der Waals surface area contributed by atoms with Gasteiger partial charge in [0.05, 0.1) is 12.7 Å². The Bertz CT molecular complexity index is 490. The zero-order valence-corrected chi connectivity index (χ0v) is 13.1. The summed E-state index contributed by atoms with van der Waals surface area (Å²) in [5.41, 5.74) is 2.70. The predicted octanol–water partition coefficient (Wildman–Crippen LogP) is 1.49. The molecular weight excluding hydrogens is 266 g/mol. The van der Waals surface area contributed by atoms with Crippen LogP contribution in [-0.2, 0) is 4.74 Å². The number of nitrogens with one attached hydrogen (secondary N) is 2. The van der Waals surface area contributed by atoms with Gasteiger partial charge in [-0.3, -0.25) is 9.69 Å². The molecule has 1 fully saturated rings. The molecule has 5 heteroatoms. The van der Waals surface area contributed by atoms with Crippen LogP contribution in [0.4, 0.5) is 5.69 Å². The van der Waals surface area contributed by atoms with Gasteiger partial charge in [0.15, 0.2) is 0 Å². The summed E-state index contributed by atoms with van der Waals surface area (Å²) in [4.78, 5) is 14.6. The molecule has 1 aliphatic rings. The molecule has 2 rings (SSSR count). The summed E-state index contributed by atoms with van der Waals surface area (Å²) in [6.45, 7) is 8.28. The van der Waals surface area contributed by atoms with Crippen LogP contribution in [0, 0.1) is 6.92 Å². The van der Waals surface area contributed by atoms with Crippen LogP contribution in [0.2, 0.25) is 0 Å². The zero-order valence-electron chi connectivity index (χ0n) is 13.1. The Hall–Kier alpha value is -1.59. The number of amides is 1. The molecule has 1 unspecified atom stereocenters. The normalized spacial score (nSPS) is 19.3. The molecular formula is C16H25N3O2. The third-order valence-corrected chi connectivity index (χ3v) is 3.92. The fourth-order valence-electron chi connectivity index (χ4n) is 2.57. The Kier molecular flexibility index (Phi) is 5.59. The molecule has 116 valence electrons. The Morgan fingerprint density at radius 2 is 2.29 bits per heavy atom. The first kappa shape index (κ1) is 15.8. The van der Waals surface area contributed by atoms with Crippen molar-refractivity contribution >= 4 is 11.6 Å². The van der Waals surface area contributed by atoms with Gasteiger partial charge < -0.3 is 15.4 Å². The number of morpholine rings is 1. The number of carbonyl (C=O) groups is 1. The lowest BCUT2D eigenvalue weighted by atomic mass is 10.1. The maximum Gasteiger partial charge on any atom is 0.251 e. The molecule has 0 bridgehead atoms. The van der Waals surface area contributed by atoms with E-state index >= 15 is 0 Å². The summed E-state index contributed by atoms with van der Waals surface area (Å²) in [6.07, 6.45) is 0.0829. The molecule has 1 heterocycles. The van der Waals surface area contributed by atoms with Crippen LogP contribution in [0.3, 0.4) is 0 Å². The molecule has 5 nitrogen and oxygen atoms in total. The Labute approximate surface area is 126 Å². The number of benzene rings is 1. The van der Waals surface area contributed by atoms with E-state index in [1.165, 1.54) is 0 Å². The third kappa shape index (κ3) is 4.19. The first-order valence-corrected chi connectivity index (χ1v) is 7.54. The van der Waals surface area contributed by atoms with Gasteiger partial charge in [-0.1, -0.05) is 6.92 Å². The Morgan fingerprint density at radius 1 is 1.48 bits per heavy atom. The molecule has 1 aromatic carbocycles. The number of likely N-dealkylation sites (N-methyl/N-ethyl adjacent to an activating group) is 1. The highest BCUT2D eigenvalue weighted by atomic mass is 16.5. The number of rotatable bonds is 5. The number of nitrogens with zero attached hydrogens (tertiary/aromatic N) is 1. The lowest BCUT2D eigenvalue weighted by Crippen LogP contribution is -2.47. The average Bonchev–Trinajstić information content (AvgIpc) is 2.52. The molecule has 0 aliphatic carbocycles. The number of anilines is 1. The van der Waals surface area contributed by atoms with Gasteiger partial charge in [-0.15, -0.1) is 0 Å². The van der Waals surface area contributed by atoms with Crippen LogP contribution in [0.25, 0.3) is 0 Å². The molecule has 0 radical (unpaired) electrons. The summed E-state index contributed by atoms with van der Waals surface area (Å²) in [5.74, 6) is -0.0348. The maximum atomic E-state index is 12.3. The van der Waals surface area contributed by atoms with Gasteiger partial charge in [-0.2, -0.15) is 0 Å². The standard InChI is InChI=1S/C16H25N3O2/c1-4-19-7-8-21-14(11-19)10-18-16(20)15-6-5-13(17-3)9-12(15)2/h5-6,9,14,17H,4,7-8,10-11H2,1-3H3,(H,18,20). The van der Waals surface area contributed by atoms with Crippen LogP contribution in [0.1, 0.15) is 22.8 Å². The number of aryl methyl sites for hydroxylation is 1. The van der Waals surface area contributed by atoms with Crippen LogP contribution in [0.5, 0.6) is 0 Å². The van der Waals surface area contributed by atoms with Crippen LogP contribution in [0.15, 0.2) is 18.2 Å². The van der Waals surface area contributed by atoms with Crippen molar-refractivity contribution in [2.24, 2.45) is 0 Å². The highest BCUT2D eigenvalue weighted by Crippen LogP contribution is 2.14. The van der Waals surface area contributed by atoms with Crippen molar-refractivity contribution in [2.75, 3.05) is 45.2 Å². The molecule has 0 saturated carbocycles.